The van der Waals surface area contributed by atoms with E-state index in [1.165, 1.54) is 38.4 Å². The van der Waals surface area contributed by atoms with E-state index in [0.29, 0.717) is 16.8 Å². The summed E-state index contributed by atoms with van der Waals surface area (Å²) in [4.78, 5) is 22.9. The molecule has 0 aliphatic carbocycles. The number of benzene rings is 2. The van der Waals surface area contributed by atoms with Crippen molar-refractivity contribution < 1.29 is 22.9 Å². The number of aryl methyl sites for hydroxylation is 2. The minimum absolute atomic E-state index is 0.0120. The lowest BCUT2D eigenvalue weighted by Gasteiger charge is -2.16. The van der Waals surface area contributed by atoms with E-state index < -0.39 is 27.5 Å². The summed E-state index contributed by atoms with van der Waals surface area (Å²) in [6.07, 6.45) is 0. The first-order valence-electron chi connectivity index (χ1n) is 8.65. The van der Waals surface area contributed by atoms with Crippen LogP contribution in [0.1, 0.15) is 16.7 Å². The number of nitro benzene ring substituents is 1. The molecule has 0 saturated heterocycles. The van der Waals surface area contributed by atoms with Crippen molar-refractivity contribution in [1.29, 1.82) is 0 Å². The predicted molar refractivity (Wildman–Crippen MR) is 109 cm³/mol. The van der Waals surface area contributed by atoms with Crippen molar-refractivity contribution in [1.82, 2.24) is 4.31 Å². The Bertz CT molecular complexity index is 1060. The maximum atomic E-state index is 12.4. The second-order valence-electron chi connectivity index (χ2n) is 6.77. The normalized spacial score (nSPS) is 11.4. The number of nitrogens with one attached hydrogen (secondary N) is 1. The van der Waals surface area contributed by atoms with Gasteiger partial charge < -0.3 is 10.1 Å². The van der Waals surface area contributed by atoms with E-state index in [0.717, 1.165) is 9.87 Å². The molecule has 0 aromatic heterocycles. The van der Waals surface area contributed by atoms with Gasteiger partial charge in [-0.15, -0.1) is 0 Å². The summed E-state index contributed by atoms with van der Waals surface area (Å²) in [6, 6.07) is 7.28. The molecule has 0 aliphatic rings. The van der Waals surface area contributed by atoms with Crippen LogP contribution in [0.5, 0.6) is 5.75 Å². The molecule has 0 radical (unpaired) electrons. The van der Waals surface area contributed by atoms with Crippen molar-refractivity contribution in [3.63, 3.8) is 0 Å². The number of ether oxygens (including phenoxy) is 1. The zero-order valence-corrected chi connectivity index (χ0v) is 17.7. The molecular weight excluding hydrogens is 398 g/mol. The molecule has 1 amide bonds. The van der Waals surface area contributed by atoms with Crippen molar-refractivity contribution in [2.24, 2.45) is 0 Å². The van der Waals surface area contributed by atoms with Crippen molar-refractivity contribution in [3.8, 4) is 5.75 Å². The van der Waals surface area contributed by atoms with Crippen LogP contribution in [-0.2, 0) is 14.8 Å². The minimum atomic E-state index is -3.67. The fraction of sp³-hybridized carbons (Fsp3) is 0.316. The van der Waals surface area contributed by atoms with E-state index in [-0.39, 0.29) is 16.3 Å². The fourth-order valence-corrected chi connectivity index (χ4v) is 3.55. The van der Waals surface area contributed by atoms with Crippen LogP contribution in [0.4, 0.5) is 11.4 Å². The molecule has 2 aromatic carbocycles. The average Bonchev–Trinajstić information content (AvgIpc) is 2.63. The quantitative estimate of drug-likeness (QED) is 0.542. The number of anilines is 1. The second kappa shape index (κ2) is 8.58. The van der Waals surface area contributed by atoms with Gasteiger partial charge in [0.05, 0.1) is 9.82 Å². The van der Waals surface area contributed by atoms with Crippen LogP contribution in [-0.4, -0.2) is 44.3 Å². The number of carbonyl (C=O) groups excluding carboxylic acids is 1. The predicted octanol–water partition coefficient (Wildman–Crippen LogP) is 2.79. The highest BCUT2D eigenvalue weighted by atomic mass is 32.2. The zero-order chi connectivity index (χ0) is 21.9. The van der Waals surface area contributed by atoms with E-state index in [2.05, 4.69) is 5.32 Å². The Labute approximate surface area is 169 Å². The van der Waals surface area contributed by atoms with Crippen LogP contribution in [0, 0.1) is 30.9 Å². The minimum Gasteiger partial charge on any atom is -0.477 e. The fourth-order valence-electron chi connectivity index (χ4n) is 2.53. The average molecular weight is 421 g/mol. The van der Waals surface area contributed by atoms with Crippen molar-refractivity contribution in [3.05, 3.63) is 57.1 Å². The monoisotopic (exact) mass is 421 g/mol. The number of nitro groups is 1. The van der Waals surface area contributed by atoms with Gasteiger partial charge in [-0.3, -0.25) is 14.9 Å². The van der Waals surface area contributed by atoms with Gasteiger partial charge >= 0.3 is 5.69 Å². The third-order valence-corrected chi connectivity index (χ3v) is 6.16. The first-order chi connectivity index (χ1) is 13.4. The number of rotatable bonds is 7. The van der Waals surface area contributed by atoms with Crippen molar-refractivity contribution >= 4 is 27.3 Å². The molecule has 9 nitrogen and oxygen atoms in total. The Morgan fingerprint density at radius 1 is 1.17 bits per heavy atom. The van der Waals surface area contributed by atoms with E-state index in [1.807, 2.05) is 0 Å². The van der Waals surface area contributed by atoms with Gasteiger partial charge in [0.15, 0.2) is 12.4 Å². The van der Waals surface area contributed by atoms with Gasteiger partial charge in [-0.05, 0) is 55.7 Å². The van der Waals surface area contributed by atoms with E-state index in [1.54, 1.807) is 26.8 Å². The molecule has 0 saturated carbocycles. The summed E-state index contributed by atoms with van der Waals surface area (Å²) in [7, 11) is -0.830. The number of sulfonamides is 1. The molecule has 29 heavy (non-hydrogen) atoms. The first-order valence-corrected chi connectivity index (χ1v) is 10.1. The Kier molecular flexibility index (Phi) is 6.60. The Hall–Kier alpha value is -2.98. The van der Waals surface area contributed by atoms with Gasteiger partial charge in [0.2, 0.25) is 10.0 Å². The lowest BCUT2D eigenvalue weighted by atomic mass is 10.1. The Morgan fingerprint density at radius 3 is 2.41 bits per heavy atom. The zero-order valence-electron chi connectivity index (χ0n) is 16.8. The molecule has 0 aliphatic heterocycles. The van der Waals surface area contributed by atoms with Gasteiger partial charge in [-0.2, -0.15) is 0 Å². The maximum Gasteiger partial charge on any atom is 0.310 e. The molecule has 0 heterocycles. The highest BCUT2D eigenvalue weighted by Crippen LogP contribution is 2.28. The van der Waals surface area contributed by atoms with Crippen LogP contribution in [0.25, 0.3) is 0 Å². The molecule has 0 fully saturated rings. The lowest BCUT2D eigenvalue weighted by molar-refractivity contribution is -0.385. The molecule has 2 rings (SSSR count). The Balaban J connectivity index is 2.23. The van der Waals surface area contributed by atoms with Crippen LogP contribution < -0.4 is 10.1 Å². The third-order valence-electron chi connectivity index (χ3n) is 4.36. The SMILES string of the molecule is Cc1ccc([N+](=O)[O-])c(OCC(=O)Nc2cc(S(=O)(=O)N(C)C)cc(C)c2C)c1. The molecular formula is C19H23N3O6S. The molecule has 0 spiro atoms. The molecule has 10 heteroatoms. The lowest BCUT2D eigenvalue weighted by Crippen LogP contribution is -2.24. The molecule has 156 valence electrons. The van der Waals surface area contributed by atoms with Gasteiger partial charge in [0.1, 0.15) is 0 Å². The van der Waals surface area contributed by atoms with Gasteiger partial charge in [0.25, 0.3) is 5.91 Å². The van der Waals surface area contributed by atoms with Gasteiger partial charge in [-0.1, -0.05) is 6.07 Å². The smallest absolute Gasteiger partial charge is 0.310 e. The summed E-state index contributed by atoms with van der Waals surface area (Å²) in [5, 5.41) is 13.7. The molecule has 2 aromatic rings. The molecule has 0 unspecified atom stereocenters. The van der Waals surface area contributed by atoms with Gasteiger partial charge in [-0.25, -0.2) is 12.7 Å². The van der Waals surface area contributed by atoms with Crippen LogP contribution in [0.15, 0.2) is 35.2 Å². The Morgan fingerprint density at radius 2 is 1.83 bits per heavy atom. The summed E-state index contributed by atoms with van der Waals surface area (Å²) >= 11 is 0. The maximum absolute atomic E-state index is 12.4. The van der Waals surface area contributed by atoms with Gasteiger partial charge in [0, 0.05) is 25.8 Å². The van der Waals surface area contributed by atoms with E-state index in [4.69, 9.17) is 4.74 Å². The van der Waals surface area contributed by atoms with Crippen molar-refractivity contribution in [2.75, 3.05) is 26.0 Å². The molecule has 0 atom stereocenters. The van der Waals surface area contributed by atoms with Crippen molar-refractivity contribution in [2.45, 2.75) is 25.7 Å². The summed E-state index contributed by atoms with van der Waals surface area (Å²) in [5.74, 6) is -0.579. The summed E-state index contributed by atoms with van der Waals surface area (Å²) < 4.78 is 31.2. The number of hydrogen-bond acceptors (Lipinski definition) is 6. The molecule has 0 bridgehead atoms. The highest BCUT2D eigenvalue weighted by molar-refractivity contribution is 7.89. The van der Waals surface area contributed by atoms with Crippen LogP contribution in [0.2, 0.25) is 0 Å². The van der Waals surface area contributed by atoms with Crippen LogP contribution in [0.3, 0.4) is 0 Å². The van der Waals surface area contributed by atoms with Crippen LogP contribution >= 0.6 is 0 Å². The number of nitrogens with zero attached hydrogens (tertiary/aromatic N) is 2. The van der Waals surface area contributed by atoms with E-state index in [9.17, 15) is 23.3 Å². The number of carbonyl (C=O) groups is 1. The first kappa shape index (κ1) is 22.3. The van der Waals surface area contributed by atoms with E-state index >= 15 is 0 Å². The standard InChI is InChI=1S/C19H23N3O6S/c1-12-6-7-17(22(24)25)18(8-12)28-11-19(23)20-16-10-15(9-13(2)14(16)3)29(26,27)21(4)5/h6-10H,11H2,1-5H3,(H,20,23). The third kappa shape index (κ3) is 5.09. The highest BCUT2D eigenvalue weighted by Gasteiger charge is 2.21. The topological polar surface area (TPSA) is 119 Å². The number of amides is 1. The second-order valence-corrected chi connectivity index (χ2v) is 8.92. The summed E-state index contributed by atoms with van der Waals surface area (Å²) in [5.41, 5.74) is 2.24. The molecule has 1 N–H and O–H groups in total. The summed E-state index contributed by atoms with van der Waals surface area (Å²) in [6.45, 7) is 4.78. The number of hydrogen-bond donors (Lipinski definition) is 1. The largest absolute Gasteiger partial charge is 0.477 e.